The van der Waals surface area contributed by atoms with Crippen LogP contribution in [0.25, 0.3) is 10.9 Å². The van der Waals surface area contributed by atoms with Gasteiger partial charge in [-0.2, -0.15) is 26.3 Å². The van der Waals surface area contributed by atoms with E-state index in [1.807, 2.05) is 24.3 Å². The number of hydrogen-bond donors (Lipinski definition) is 1. The molecule has 4 rings (SSSR count). The first-order valence-electron chi connectivity index (χ1n) is 9.94. The maximum atomic E-state index is 13.1. The van der Waals surface area contributed by atoms with Crippen LogP contribution in [0.3, 0.4) is 0 Å². The first-order valence-corrected chi connectivity index (χ1v) is 9.94. The van der Waals surface area contributed by atoms with Crippen LogP contribution in [0.4, 0.5) is 26.3 Å². The van der Waals surface area contributed by atoms with Crippen molar-refractivity contribution in [2.75, 3.05) is 0 Å². The molecule has 0 radical (unpaired) electrons. The van der Waals surface area contributed by atoms with Crippen LogP contribution in [0.5, 0.6) is 0 Å². The van der Waals surface area contributed by atoms with Crippen LogP contribution in [-0.4, -0.2) is 9.55 Å². The number of fused-ring (bicyclic) bond motifs is 1. The number of para-hydroxylation sites is 1. The summed E-state index contributed by atoms with van der Waals surface area (Å²) in [6.45, 7) is 0. The van der Waals surface area contributed by atoms with Gasteiger partial charge in [0.25, 0.3) is 0 Å². The number of hydrogen-bond acceptors (Lipinski definition) is 2. The molecule has 0 saturated carbocycles. The summed E-state index contributed by atoms with van der Waals surface area (Å²) in [5.41, 5.74) is -0.726. The predicted molar refractivity (Wildman–Crippen MR) is 109 cm³/mol. The van der Waals surface area contributed by atoms with Gasteiger partial charge in [-0.25, -0.2) is 4.79 Å². The van der Waals surface area contributed by atoms with Gasteiger partial charge < -0.3 is 9.40 Å². The highest BCUT2D eigenvalue weighted by atomic mass is 19.4. The van der Waals surface area contributed by atoms with E-state index in [4.69, 9.17) is 4.42 Å². The number of oxazole rings is 1. The molecule has 0 spiro atoms. The van der Waals surface area contributed by atoms with Crippen molar-refractivity contribution < 1.29 is 30.8 Å². The summed E-state index contributed by atoms with van der Waals surface area (Å²) in [6.07, 6.45) is -7.94. The van der Waals surface area contributed by atoms with Crippen molar-refractivity contribution in [1.82, 2.24) is 9.55 Å². The van der Waals surface area contributed by atoms with Gasteiger partial charge >= 0.3 is 18.1 Å². The predicted octanol–water partition coefficient (Wildman–Crippen LogP) is 5.87. The standard InChI is InChI=1S/C23H18F6N2O2/c1-31-19(7-6-13-8-15(22(24,25)26)11-16(9-13)23(27,28)29)20(33-21(31)32)10-14-12-30-18-5-3-2-4-17(14)18/h2-5,8-9,11-12,30H,6-7,10H2,1H3. The Morgan fingerprint density at radius 2 is 1.58 bits per heavy atom. The second-order valence-corrected chi connectivity index (χ2v) is 7.75. The Kier molecular flexibility index (Phi) is 5.63. The Hall–Kier alpha value is -3.43. The van der Waals surface area contributed by atoms with E-state index >= 15 is 0 Å². The van der Waals surface area contributed by atoms with Crippen molar-refractivity contribution in [3.63, 3.8) is 0 Å². The third-order valence-electron chi connectivity index (χ3n) is 5.53. The van der Waals surface area contributed by atoms with Crippen LogP contribution in [0.2, 0.25) is 0 Å². The average molecular weight is 468 g/mol. The first kappa shape index (κ1) is 22.8. The molecule has 0 aliphatic carbocycles. The Morgan fingerprint density at radius 1 is 0.939 bits per heavy atom. The van der Waals surface area contributed by atoms with Crippen LogP contribution in [-0.2, 0) is 38.7 Å². The molecule has 4 aromatic rings. The van der Waals surface area contributed by atoms with E-state index < -0.39 is 29.2 Å². The molecule has 4 nitrogen and oxygen atoms in total. The number of aromatic amines is 1. The summed E-state index contributed by atoms with van der Waals surface area (Å²) in [6, 6.07) is 8.99. The van der Waals surface area contributed by atoms with E-state index in [0.29, 0.717) is 23.6 Å². The van der Waals surface area contributed by atoms with Gasteiger partial charge in [0, 0.05) is 30.6 Å². The smallest absolute Gasteiger partial charge is 0.412 e. The minimum atomic E-state index is -4.92. The fourth-order valence-electron chi connectivity index (χ4n) is 3.85. The Balaban J connectivity index is 1.65. The zero-order valence-electron chi connectivity index (χ0n) is 17.3. The van der Waals surface area contributed by atoms with Crippen LogP contribution < -0.4 is 5.76 Å². The number of H-pyrrole nitrogens is 1. The Morgan fingerprint density at radius 3 is 2.21 bits per heavy atom. The molecule has 10 heteroatoms. The quantitative estimate of drug-likeness (QED) is 0.373. The van der Waals surface area contributed by atoms with Crippen LogP contribution in [0.15, 0.2) is 57.9 Å². The number of aryl methyl sites for hydroxylation is 1. The zero-order valence-corrected chi connectivity index (χ0v) is 17.3. The molecule has 0 aliphatic rings. The molecule has 0 fully saturated rings. The molecular weight excluding hydrogens is 450 g/mol. The Bertz CT molecular complexity index is 1330. The van der Waals surface area contributed by atoms with E-state index in [9.17, 15) is 31.1 Å². The highest BCUT2D eigenvalue weighted by Gasteiger charge is 2.36. The molecule has 33 heavy (non-hydrogen) atoms. The van der Waals surface area contributed by atoms with Gasteiger partial charge in [0.1, 0.15) is 5.76 Å². The van der Waals surface area contributed by atoms with Crippen LogP contribution in [0, 0.1) is 0 Å². The normalized spacial score (nSPS) is 12.6. The van der Waals surface area contributed by atoms with Gasteiger partial charge in [0.15, 0.2) is 0 Å². The fourth-order valence-corrected chi connectivity index (χ4v) is 3.85. The molecule has 2 aromatic carbocycles. The van der Waals surface area contributed by atoms with Crippen molar-refractivity contribution in [2.45, 2.75) is 31.6 Å². The molecule has 2 aromatic heterocycles. The molecule has 0 atom stereocenters. The molecular formula is C23H18F6N2O2. The molecule has 174 valence electrons. The maximum absolute atomic E-state index is 13.1. The topological polar surface area (TPSA) is 50.9 Å². The SMILES string of the molecule is Cn1c(CCc2cc(C(F)(F)F)cc(C(F)(F)F)c2)c(Cc2c[nH]c3ccccc23)oc1=O. The van der Waals surface area contributed by atoms with E-state index in [-0.39, 0.29) is 30.9 Å². The van der Waals surface area contributed by atoms with Crippen molar-refractivity contribution >= 4 is 10.9 Å². The van der Waals surface area contributed by atoms with Gasteiger partial charge in [-0.15, -0.1) is 0 Å². The van der Waals surface area contributed by atoms with Crippen molar-refractivity contribution in [2.24, 2.45) is 7.05 Å². The van der Waals surface area contributed by atoms with Gasteiger partial charge in [-0.1, -0.05) is 18.2 Å². The number of benzene rings is 2. The number of halogens is 6. The number of nitrogens with zero attached hydrogens (tertiary/aromatic N) is 1. The minimum absolute atomic E-state index is 0.0263. The molecule has 2 heterocycles. The van der Waals surface area contributed by atoms with Crippen molar-refractivity contribution in [1.29, 1.82) is 0 Å². The lowest BCUT2D eigenvalue weighted by molar-refractivity contribution is -0.143. The number of rotatable bonds is 5. The third-order valence-corrected chi connectivity index (χ3v) is 5.53. The second-order valence-electron chi connectivity index (χ2n) is 7.75. The molecule has 0 unspecified atom stereocenters. The van der Waals surface area contributed by atoms with Crippen molar-refractivity contribution in [3.05, 3.63) is 92.9 Å². The highest BCUT2D eigenvalue weighted by Crippen LogP contribution is 2.36. The van der Waals surface area contributed by atoms with E-state index in [1.54, 1.807) is 6.20 Å². The molecule has 0 amide bonds. The summed E-state index contributed by atoms with van der Waals surface area (Å²) in [5.74, 6) is -0.338. The largest absolute Gasteiger partial charge is 0.419 e. The lowest BCUT2D eigenvalue weighted by Gasteiger charge is -2.14. The Labute approximate surface area is 183 Å². The monoisotopic (exact) mass is 468 g/mol. The molecule has 1 N–H and O–H groups in total. The average Bonchev–Trinajstić information content (AvgIpc) is 3.26. The van der Waals surface area contributed by atoms with E-state index in [0.717, 1.165) is 16.5 Å². The zero-order chi connectivity index (χ0) is 24.0. The van der Waals surface area contributed by atoms with E-state index in [1.165, 1.54) is 11.6 Å². The number of nitrogens with one attached hydrogen (secondary N) is 1. The summed E-state index contributed by atoms with van der Waals surface area (Å²) >= 11 is 0. The maximum Gasteiger partial charge on any atom is 0.419 e. The molecule has 0 saturated heterocycles. The number of alkyl halides is 6. The summed E-state index contributed by atoms with van der Waals surface area (Å²) in [5, 5.41) is 0.919. The summed E-state index contributed by atoms with van der Waals surface area (Å²) in [4.78, 5) is 15.2. The lowest BCUT2D eigenvalue weighted by atomic mass is 9.99. The van der Waals surface area contributed by atoms with Crippen LogP contribution >= 0.6 is 0 Å². The highest BCUT2D eigenvalue weighted by molar-refractivity contribution is 5.83. The first-order chi connectivity index (χ1) is 15.4. The van der Waals surface area contributed by atoms with Gasteiger partial charge in [0.2, 0.25) is 0 Å². The minimum Gasteiger partial charge on any atom is -0.412 e. The van der Waals surface area contributed by atoms with Gasteiger partial charge in [0.05, 0.1) is 16.8 Å². The van der Waals surface area contributed by atoms with Crippen LogP contribution in [0.1, 0.15) is 33.7 Å². The van der Waals surface area contributed by atoms with Gasteiger partial charge in [-0.3, -0.25) is 4.57 Å². The summed E-state index contributed by atoms with van der Waals surface area (Å²) in [7, 11) is 1.45. The molecule has 0 aliphatic heterocycles. The fraction of sp³-hybridized carbons (Fsp3) is 0.261. The number of aromatic nitrogens is 2. The van der Waals surface area contributed by atoms with Crippen molar-refractivity contribution in [3.8, 4) is 0 Å². The van der Waals surface area contributed by atoms with E-state index in [2.05, 4.69) is 4.98 Å². The third kappa shape index (κ3) is 4.69. The van der Waals surface area contributed by atoms with Gasteiger partial charge in [-0.05, 0) is 48.2 Å². The molecule has 0 bridgehead atoms. The summed E-state index contributed by atoms with van der Waals surface area (Å²) < 4.78 is 85.4. The lowest BCUT2D eigenvalue weighted by Crippen LogP contribution is -2.14. The second kappa shape index (κ2) is 8.17.